The molecular formula is C9H6ClFN2S. The Kier molecular flexibility index (Phi) is 2.48. The minimum atomic E-state index is -0.259. The number of aryl methyl sites for hydroxylation is 1. The molecule has 0 aliphatic carbocycles. The van der Waals surface area contributed by atoms with Crippen LogP contribution in [0.2, 0.25) is 5.15 Å². The zero-order chi connectivity index (χ0) is 10.1. The van der Waals surface area contributed by atoms with Crippen LogP contribution in [-0.2, 0) is 0 Å². The normalized spacial score (nSPS) is 10.5. The van der Waals surface area contributed by atoms with Gasteiger partial charge in [-0.1, -0.05) is 11.6 Å². The maximum atomic E-state index is 12.8. The minimum absolute atomic E-state index is 0.259. The van der Waals surface area contributed by atoms with Gasteiger partial charge in [-0.3, -0.25) is 0 Å². The van der Waals surface area contributed by atoms with E-state index < -0.39 is 0 Å². The van der Waals surface area contributed by atoms with E-state index >= 15 is 0 Å². The molecule has 72 valence electrons. The molecule has 2 nitrogen and oxygen atoms in total. The van der Waals surface area contributed by atoms with Crippen LogP contribution in [0.1, 0.15) is 5.56 Å². The predicted molar refractivity (Wildman–Crippen MR) is 55.1 cm³/mol. The summed E-state index contributed by atoms with van der Waals surface area (Å²) in [5.41, 5.74) is 2.25. The molecule has 0 unspecified atom stereocenters. The Morgan fingerprint density at radius 3 is 2.71 bits per heavy atom. The molecule has 0 spiro atoms. The van der Waals surface area contributed by atoms with E-state index in [9.17, 15) is 4.39 Å². The van der Waals surface area contributed by atoms with Crippen molar-refractivity contribution in [3.63, 3.8) is 0 Å². The van der Waals surface area contributed by atoms with E-state index in [1.807, 2.05) is 6.92 Å². The molecule has 0 saturated heterocycles. The Hall–Kier alpha value is -1.00. The summed E-state index contributed by atoms with van der Waals surface area (Å²) in [5, 5.41) is 0.365. The van der Waals surface area contributed by atoms with Gasteiger partial charge in [0, 0.05) is 5.56 Å². The van der Waals surface area contributed by atoms with Gasteiger partial charge in [0.05, 0.1) is 11.7 Å². The van der Waals surface area contributed by atoms with Gasteiger partial charge < -0.3 is 0 Å². The number of rotatable bonds is 1. The van der Waals surface area contributed by atoms with Crippen LogP contribution in [0.25, 0.3) is 11.3 Å². The lowest BCUT2D eigenvalue weighted by Crippen LogP contribution is -1.85. The van der Waals surface area contributed by atoms with Crippen LogP contribution in [-0.4, -0.2) is 8.75 Å². The molecule has 2 rings (SSSR count). The van der Waals surface area contributed by atoms with Crippen molar-refractivity contribution >= 4 is 23.3 Å². The van der Waals surface area contributed by atoms with Gasteiger partial charge in [0.15, 0.2) is 5.15 Å². The van der Waals surface area contributed by atoms with Crippen LogP contribution < -0.4 is 0 Å². The Morgan fingerprint density at radius 1 is 1.36 bits per heavy atom. The third kappa shape index (κ3) is 1.63. The van der Waals surface area contributed by atoms with Gasteiger partial charge in [-0.05, 0) is 30.7 Å². The highest BCUT2D eigenvalue weighted by Gasteiger charge is 2.10. The van der Waals surface area contributed by atoms with Crippen molar-refractivity contribution in [2.45, 2.75) is 6.92 Å². The summed E-state index contributed by atoms with van der Waals surface area (Å²) in [6, 6.07) is 4.50. The van der Waals surface area contributed by atoms with Gasteiger partial charge in [-0.15, -0.1) is 0 Å². The SMILES string of the molecule is Cc1cc(F)ccc1-c1nsnc1Cl. The number of hydrogen-bond donors (Lipinski definition) is 0. The maximum Gasteiger partial charge on any atom is 0.170 e. The number of benzene rings is 1. The molecule has 0 bridgehead atoms. The summed E-state index contributed by atoms with van der Waals surface area (Å²) >= 11 is 6.88. The van der Waals surface area contributed by atoms with E-state index in [0.717, 1.165) is 22.9 Å². The van der Waals surface area contributed by atoms with Crippen molar-refractivity contribution in [1.29, 1.82) is 0 Å². The fraction of sp³-hybridized carbons (Fsp3) is 0.111. The third-order valence-electron chi connectivity index (χ3n) is 1.89. The van der Waals surface area contributed by atoms with Crippen LogP contribution in [0.15, 0.2) is 18.2 Å². The van der Waals surface area contributed by atoms with Crippen molar-refractivity contribution in [3.05, 3.63) is 34.7 Å². The fourth-order valence-electron chi connectivity index (χ4n) is 1.23. The van der Waals surface area contributed by atoms with Crippen molar-refractivity contribution in [2.75, 3.05) is 0 Å². The Labute approximate surface area is 89.7 Å². The highest BCUT2D eigenvalue weighted by atomic mass is 35.5. The summed E-state index contributed by atoms with van der Waals surface area (Å²) in [6.07, 6.45) is 0. The molecule has 0 N–H and O–H groups in total. The third-order valence-corrected chi connectivity index (χ3v) is 2.78. The van der Waals surface area contributed by atoms with Crippen molar-refractivity contribution in [1.82, 2.24) is 8.75 Å². The van der Waals surface area contributed by atoms with E-state index in [0.29, 0.717) is 10.8 Å². The van der Waals surface area contributed by atoms with Gasteiger partial charge in [0.1, 0.15) is 11.5 Å². The van der Waals surface area contributed by atoms with Crippen LogP contribution in [0.3, 0.4) is 0 Å². The van der Waals surface area contributed by atoms with Crippen LogP contribution in [0.5, 0.6) is 0 Å². The smallest absolute Gasteiger partial charge is 0.170 e. The van der Waals surface area contributed by atoms with Gasteiger partial charge >= 0.3 is 0 Å². The second-order valence-corrected chi connectivity index (χ2v) is 3.75. The molecule has 0 amide bonds. The molecule has 1 heterocycles. The molecule has 0 aliphatic heterocycles. The van der Waals surface area contributed by atoms with E-state index in [-0.39, 0.29) is 5.82 Å². The van der Waals surface area contributed by atoms with E-state index in [4.69, 9.17) is 11.6 Å². The molecule has 0 saturated carbocycles. The van der Waals surface area contributed by atoms with Crippen LogP contribution >= 0.6 is 23.3 Å². The summed E-state index contributed by atoms with van der Waals surface area (Å²) in [7, 11) is 0. The maximum absolute atomic E-state index is 12.8. The predicted octanol–water partition coefficient (Wildman–Crippen LogP) is 3.31. The highest BCUT2D eigenvalue weighted by Crippen LogP contribution is 2.28. The zero-order valence-electron chi connectivity index (χ0n) is 7.29. The average Bonchev–Trinajstić information content (AvgIpc) is 2.52. The first-order chi connectivity index (χ1) is 6.68. The van der Waals surface area contributed by atoms with E-state index in [2.05, 4.69) is 8.75 Å². The van der Waals surface area contributed by atoms with Gasteiger partial charge in [-0.2, -0.15) is 8.75 Å². The lowest BCUT2D eigenvalue weighted by atomic mass is 10.1. The van der Waals surface area contributed by atoms with E-state index in [1.54, 1.807) is 6.07 Å². The molecule has 2 aromatic rings. The molecule has 5 heteroatoms. The summed E-state index contributed by atoms with van der Waals surface area (Å²) in [4.78, 5) is 0. The molecule has 0 fully saturated rings. The summed E-state index contributed by atoms with van der Waals surface area (Å²) in [5.74, 6) is -0.259. The number of hydrogen-bond acceptors (Lipinski definition) is 3. The Morgan fingerprint density at radius 2 is 2.14 bits per heavy atom. The summed E-state index contributed by atoms with van der Waals surface area (Å²) in [6.45, 7) is 1.81. The largest absolute Gasteiger partial charge is 0.207 e. The van der Waals surface area contributed by atoms with Crippen molar-refractivity contribution < 1.29 is 4.39 Å². The lowest BCUT2D eigenvalue weighted by Gasteiger charge is -2.01. The van der Waals surface area contributed by atoms with Crippen LogP contribution in [0.4, 0.5) is 4.39 Å². The van der Waals surface area contributed by atoms with Gasteiger partial charge in [-0.25, -0.2) is 4.39 Å². The van der Waals surface area contributed by atoms with E-state index in [1.165, 1.54) is 12.1 Å². The quantitative estimate of drug-likeness (QED) is 0.749. The minimum Gasteiger partial charge on any atom is -0.207 e. The number of aromatic nitrogens is 2. The van der Waals surface area contributed by atoms with Gasteiger partial charge in [0.2, 0.25) is 0 Å². The average molecular weight is 229 g/mol. The zero-order valence-corrected chi connectivity index (χ0v) is 8.86. The highest BCUT2D eigenvalue weighted by molar-refractivity contribution is 6.99. The van der Waals surface area contributed by atoms with Gasteiger partial charge in [0.25, 0.3) is 0 Å². The molecule has 14 heavy (non-hydrogen) atoms. The lowest BCUT2D eigenvalue weighted by molar-refractivity contribution is 0.627. The second-order valence-electron chi connectivity index (χ2n) is 2.86. The number of halogens is 2. The first-order valence-corrected chi connectivity index (χ1v) is 5.04. The monoisotopic (exact) mass is 228 g/mol. The molecule has 1 aromatic heterocycles. The standard InChI is InChI=1S/C9H6ClFN2S/c1-5-4-6(11)2-3-7(5)8-9(10)13-14-12-8/h2-4H,1H3. The Balaban J connectivity index is 2.58. The molecule has 0 aliphatic rings. The first kappa shape index (κ1) is 9.55. The molecular weight excluding hydrogens is 223 g/mol. The second kappa shape index (κ2) is 3.63. The number of nitrogens with zero attached hydrogens (tertiary/aromatic N) is 2. The molecule has 0 radical (unpaired) electrons. The van der Waals surface area contributed by atoms with Crippen molar-refractivity contribution in [2.24, 2.45) is 0 Å². The molecule has 1 aromatic carbocycles. The fourth-order valence-corrected chi connectivity index (χ4v) is 1.98. The van der Waals surface area contributed by atoms with Crippen molar-refractivity contribution in [3.8, 4) is 11.3 Å². The first-order valence-electron chi connectivity index (χ1n) is 3.93. The van der Waals surface area contributed by atoms with Crippen LogP contribution in [0, 0.1) is 12.7 Å². The molecule has 0 atom stereocenters. The Bertz CT molecular complexity index is 470. The topological polar surface area (TPSA) is 25.8 Å². The summed E-state index contributed by atoms with van der Waals surface area (Å²) < 4.78 is 20.7.